The van der Waals surface area contributed by atoms with Crippen LogP contribution in [-0.2, 0) is 0 Å². The Balaban J connectivity index is 0.000000810. The lowest BCUT2D eigenvalue weighted by Crippen LogP contribution is -1.93. The zero-order valence-electron chi connectivity index (χ0n) is 9.30. The van der Waals surface area contributed by atoms with Crippen LogP contribution in [0.2, 0.25) is 0 Å². The van der Waals surface area contributed by atoms with Crippen LogP contribution in [0.25, 0.3) is 11.4 Å². The molecule has 0 amide bonds. The molecule has 0 bridgehead atoms. The summed E-state index contributed by atoms with van der Waals surface area (Å²) >= 11 is 0. The van der Waals surface area contributed by atoms with E-state index in [0.29, 0.717) is 0 Å². The Morgan fingerprint density at radius 1 is 0.556 bits per heavy atom. The van der Waals surface area contributed by atoms with Gasteiger partial charge < -0.3 is 11.0 Å². The monoisotopic (exact) mass is 248 g/mol. The first-order chi connectivity index (χ1) is 7.93. The predicted octanol–water partition coefficient (Wildman–Crippen LogP) is -0.801. The quantitative estimate of drug-likeness (QED) is 0.588. The fourth-order valence-corrected chi connectivity index (χ4v) is 1.46. The second-order valence-electron chi connectivity index (χ2n) is 3.25. The molecule has 0 radical (unpaired) electrons. The molecular formula is C10H12N6O2. The van der Waals surface area contributed by atoms with Crippen molar-refractivity contribution < 1.29 is 11.0 Å². The number of nitrogens with zero attached hydrogens (tertiary/aromatic N) is 6. The molecule has 0 aliphatic rings. The van der Waals surface area contributed by atoms with E-state index in [4.69, 9.17) is 0 Å². The van der Waals surface area contributed by atoms with Gasteiger partial charge in [-0.2, -0.15) is 0 Å². The van der Waals surface area contributed by atoms with Gasteiger partial charge in [0.25, 0.3) is 0 Å². The second kappa shape index (κ2) is 5.66. The van der Waals surface area contributed by atoms with E-state index >= 15 is 0 Å². The zero-order chi connectivity index (χ0) is 10.8. The molecule has 0 aliphatic carbocycles. The molecule has 2 aromatic heterocycles. The van der Waals surface area contributed by atoms with Crippen molar-refractivity contribution >= 4 is 0 Å². The highest BCUT2D eigenvalue weighted by Crippen LogP contribution is 2.11. The van der Waals surface area contributed by atoms with Gasteiger partial charge in [-0.25, -0.2) is 0 Å². The maximum Gasteiger partial charge on any atom is 0.123 e. The summed E-state index contributed by atoms with van der Waals surface area (Å²) in [7, 11) is 0. The largest absolute Gasteiger partial charge is 0.412 e. The van der Waals surface area contributed by atoms with Crippen LogP contribution in [0.5, 0.6) is 0 Å². The molecule has 2 heterocycles. The van der Waals surface area contributed by atoms with Crippen LogP contribution in [0.15, 0.2) is 49.6 Å². The number of aromatic nitrogens is 6. The van der Waals surface area contributed by atoms with Crippen LogP contribution in [-0.4, -0.2) is 40.5 Å². The van der Waals surface area contributed by atoms with Gasteiger partial charge in [-0.15, -0.1) is 20.4 Å². The van der Waals surface area contributed by atoms with Crippen molar-refractivity contribution in [2.75, 3.05) is 0 Å². The second-order valence-corrected chi connectivity index (χ2v) is 3.25. The van der Waals surface area contributed by atoms with Crippen molar-refractivity contribution in [3.63, 3.8) is 0 Å². The highest BCUT2D eigenvalue weighted by atomic mass is 16.0. The minimum atomic E-state index is 0. The molecule has 0 saturated heterocycles. The van der Waals surface area contributed by atoms with Gasteiger partial charge in [0.05, 0.1) is 0 Å². The van der Waals surface area contributed by atoms with Crippen molar-refractivity contribution in [2.45, 2.75) is 0 Å². The summed E-state index contributed by atoms with van der Waals surface area (Å²) in [5.74, 6) is 0. The zero-order valence-corrected chi connectivity index (χ0v) is 9.30. The van der Waals surface area contributed by atoms with E-state index in [9.17, 15) is 0 Å². The van der Waals surface area contributed by atoms with Gasteiger partial charge >= 0.3 is 0 Å². The molecule has 0 spiro atoms. The van der Waals surface area contributed by atoms with Crippen LogP contribution < -0.4 is 0 Å². The molecular weight excluding hydrogens is 236 g/mol. The van der Waals surface area contributed by atoms with Crippen molar-refractivity contribution in [3.05, 3.63) is 49.6 Å². The Hall–Kier alpha value is -2.58. The Bertz CT molecular complexity index is 508. The molecule has 8 nitrogen and oxygen atoms in total. The van der Waals surface area contributed by atoms with E-state index in [1.807, 2.05) is 33.4 Å². The third kappa shape index (κ3) is 2.39. The van der Waals surface area contributed by atoms with E-state index in [2.05, 4.69) is 20.4 Å². The van der Waals surface area contributed by atoms with Gasteiger partial charge in [0.15, 0.2) is 0 Å². The van der Waals surface area contributed by atoms with E-state index in [1.54, 1.807) is 25.3 Å². The van der Waals surface area contributed by atoms with Crippen molar-refractivity contribution in [1.82, 2.24) is 29.5 Å². The lowest BCUT2D eigenvalue weighted by atomic mass is 10.3. The van der Waals surface area contributed by atoms with Crippen LogP contribution in [0.3, 0.4) is 0 Å². The molecule has 18 heavy (non-hydrogen) atoms. The molecule has 0 saturated carbocycles. The summed E-state index contributed by atoms with van der Waals surface area (Å²) < 4.78 is 3.69. The first-order valence-electron chi connectivity index (χ1n) is 4.73. The molecule has 0 fully saturated rings. The fraction of sp³-hybridized carbons (Fsp3) is 0. The lowest BCUT2D eigenvalue weighted by molar-refractivity contribution is 0.823. The highest BCUT2D eigenvalue weighted by molar-refractivity contribution is 5.40. The SMILES string of the molecule is O.O.c1cc(-n2cnnc2)ccc1-n1cnnc1. The Morgan fingerprint density at radius 2 is 0.833 bits per heavy atom. The van der Waals surface area contributed by atoms with E-state index in [1.165, 1.54) is 0 Å². The Morgan fingerprint density at radius 3 is 1.11 bits per heavy atom. The van der Waals surface area contributed by atoms with Gasteiger partial charge in [-0.1, -0.05) is 0 Å². The lowest BCUT2D eigenvalue weighted by Gasteiger charge is -2.03. The Kier molecular flexibility index (Phi) is 4.24. The average molecular weight is 248 g/mol. The molecule has 94 valence electrons. The molecule has 3 rings (SSSR count). The fourth-order valence-electron chi connectivity index (χ4n) is 1.46. The van der Waals surface area contributed by atoms with Crippen molar-refractivity contribution in [1.29, 1.82) is 0 Å². The Labute approximate surface area is 102 Å². The smallest absolute Gasteiger partial charge is 0.123 e. The number of benzene rings is 1. The van der Waals surface area contributed by atoms with Crippen molar-refractivity contribution in [2.24, 2.45) is 0 Å². The normalized spacial score (nSPS) is 9.33. The molecule has 0 aliphatic heterocycles. The predicted molar refractivity (Wildman–Crippen MR) is 63.5 cm³/mol. The van der Waals surface area contributed by atoms with Gasteiger partial charge in [-0.3, -0.25) is 9.13 Å². The summed E-state index contributed by atoms with van der Waals surface area (Å²) in [6.07, 6.45) is 6.64. The summed E-state index contributed by atoms with van der Waals surface area (Å²) in [5, 5.41) is 15.0. The number of rotatable bonds is 2. The molecule has 1 aromatic carbocycles. The highest BCUT2D eigenvalue weighted by Gasteiger charge is 1.98. The van der Waals surface area contributed by atoms with E-state index in [0.717, 1.165) is 11.4 Å². The molecule has 0 atom stereocenters. The van der Waals surface area contributed by atoms with Crippen LogP contribution in [0.4, 0.5) is 0 Å². The van der Waals surface area contributed by atoms with Gasteiger partial charge in [-0.05, 0) is 24.3 Å². The standard InChI is InChI=1S/C10H8N6.2H2O/c1-2-10(16-7-13-14-8-16)4-3-9(1)15-5-11-12-6-15;;/h1-8H;2*1H2. The molecule has 4 N–H and O–H groups in total. The summed E-state index contributed by atoms with van der Waals surface area (Å²) in [5.41, 5.74) is 2.03. The summed E-state index contributed by atoms with van der Waals surface area (Å²) in [4.78, 5) is 0. The van der Waals surface area contributed by atoms with Crippen LogP contribution in [0.1, 0.15) is 0 Å². The number of hydrogen-bond acceptors (Lipinski definition) is 4. The maximum absolute atomic E-state index is 3.76. The first-order valence-corrected chi connectivity index (χ1v) is 4.73. The van der Waals surface area contributed by atoms with Crippen LogP contribution >= 0.6 is 0 Å². The molecule has 3 aromatic rings. The van der Waals surface area contributed by atoms with E-state index in [-0.39, 0.29) is 11.0 Å². The molecule has 8 heteroatoms. The first kappa shape index (κ1) is 13.5. The molecule has 0 unspecified atom stereocenters. The minimum absolute atomic E-state index is 0. The number of hydrogen-bond donors (Lipinski definition) is 0. The van der Waals surface area contributed by atoms with Gasteiger partial charge in [0.1, 0.15) is 25.3 Å². The van der Waals surface area contributed by atoms with Crippen LogP contribution in [0, 0.1) is 0 Å². The summed E-state index contributed by atoms with van der Waals surface area (Å²) in [6.45, 7) is 0. The maximum atomic E-state index is 3.76. The third-order valence-corrected chi connectivity index (χ3v) is 2.28. The minimum Gasteiger partial charge on any atom is -0.412 e. The van der Waals surface area contributed by atoms with Gasteiger partial charge in [0, 0.05) is 11.4 Å². The topological polar surface area (TPSA) is 124 Å². The average Bonchev–Trinajstić information content (AvgIpc) is 3.03. The van der Waals surface area contributed by atoms with Gasteiger partial charge in [0.2, 0.25) is 0 Å². The third-order valence-electron chi connectivity index (χ3n) is 2.28. The van der Waals surface area contributed by atoms with Crippen molar-refractivity contribution in [3.8, 4) is 11.4 Å². The van der Waals surface area contributed by atoms with E-state index < -0.39 is 0 Å². The summed E-state index contributed by atoms with van der Waals surface area (Å²) in [6, 6.07) is 7.94.